The third kappa shape index (κ3) is 4.13. The van der Waals surface area contributed by atoms with E-state index in [9.17, 15) is 18.5 Å². The zero-order chi connectivity index (χ0) is 15.5. The van der Waals surface area contributed by atoms with Crippen LogP contribution in [-0.4, -0.2) is 52.0 Å². The summed E-state index contributed by atoms with van der Waals surface area (Å²) in [6, 6.07) is 0.774. The summed E-state index contributed by atoms with van der Waals surface area (Å²) in [5.74, 6) is 0. The van der Waals surface area contributed by atoms with E-state index in [4.69, 9.17) is 0 Å². The van der Waals surface area contributed by atoms with Gasteiger partial charge in [0.15, 0.2) is 5.00 Å². The summed E-state index contributed by atoms with van der Waals surface area (Å²) >= 11 is 0.839. The molecule has 0 radical (unpaired) electrons. The van der Waals surface area contributed by atoms with Crippen LogP contribution in [0.25, 0.3) is 0 Å². The Hall–Kier alpha value is -1.23. The lowest BCUT2D eigenvalue weighted by Crippen LogP contribution is -2.39. The Morgan fingerprint density at radius 3 is 2.50 bits per heavy atom. The molecule has 0 aliphatic heterocycles. The van der Waals surface area contributed by atoms with E-state index in [0.29, 0.717) is 6.54 Å². The first-order valence-electron chi connectivity index (χ1n) is 5.80. The molecule has 1 aromatic rings. The zero-order valence-corrected chi connectivity index (χ0v) is 13.3. The van der Waals surface area contributed by atoms with Crippen molar-refractivity contribution in [2.75, 3.05) is 33.0 Å². The van der Waals surface area contributed by atoms with E-state index in [1.807, 2.05) is 19.0 Å². The van der Waals surface area contributed by atoms with E-state index < -0.39 is 14.9 Å². The van der Waals surface area contributed by atoms with E-state index in [-0.39, 0.29) is 20.9 Å². The number of anilines is 1. The molecule has 0 bridgehead atoms. The number of thiophene rings is 1. The second-order valence-corrected chi connectivity index (χ2v) is 7.56. The molecule has 0 saturated heterocycles. The second kappa shape index (κ2) is 6.48. The quantitative estimate of drug-likeness (QED) is 0.571. The van der Waals surface area contributed by atoms with Crippen LogP contribution in [0.4, 0.5) is 10.7 Å². The molecular weight excluding hydrogens is 304 g/mol. The maximum atomic E-state index is 12.2. The summed E-state index contributed by atoms with van der Waals surface area (Å²) in [5, 5.41) is 13.7. The molecule has 1 heterocycles. The van der Waals surface area contributed by atoms with Gasteiger partial charge in [-0.1, -0.05) is 11.3 Å². The fourth-order valence-corrected chi connectivity index (χ4v) is 4.25. The Bertz CT molecular complexity index is 582. The Morgan fingerprint density at radius 1 is 1.50 bits per heavy atom. The molecule has 8 nitrogen and oxygen atoms in total. The molecule has 1 aromatic heterocycles. The molecule has 114 valence electrons. The largest absolute Gasteiger partial charge is 0.374 e. The molecule has 2 N–H and O–H groups in total. The average molecular weight is 322 g/mol. The monoisotopic (exact) mass is 322 g/mol. The standard InChI is InChI=1S/C10H18N4O4S2/c1-7(6-13(3)4)12-20(17,18)9-5-8(14(15)16)10(11-2)19-9/h5,7,11-12H,6H2,1-4H3. The van der Waals surface area contributed by atoms with Crippen LogP contribution < -0.4 is 10.0 Å². The van der Waals surface area contributed by atoms with Gasteiger partial charge in [-0.25, -0.2) is 13.1 Å². The van der Waals surface area contributed by atoms with Crippen LogP contribution in [0.15, 0.2) is 10.3 Å². The average Bonchev–Trinajstić information content (AvgIpc) is 2.71. The van der Waals surface area contributed by atoms with Gasteiger partial charge < -0.3 is 10.2 Å². The summed E-state index contributed by atoms with van der Waals surface area (Å²) in [6.45, 7) is 2.27. The molecule has 10 heteroatoms. The van der Waals surface area contributed by atoms with E-state index in [2.05, 4.69) is 10.0 Å². The number of hydrogen-bond donors (Lipinski definition) is 2. The van der Waals surface area contributed by atoms with Gasteiger partial charge in [0.2, 0.25) is 0 Å². The summed E-state index contributed by atoms with van der Waals surface area (Å²) in [7, 11) is 1.42. The predicted octanol–water partition coefficient (Wildman–Crippen LogP) is 0.926. The third-order valence-corrected chi connectivity index (χ3v) is 5.58. The highest BCUT2D eigenvalue weighted by Gasteiger charge is 2.26. The first kappa shape index (κ1) is 16.8. The lowest BCUT2D eigenvalue weighted by Gasteiger charge is -2.17. The minimum Gasteiger partial charge on any atom is -0.374 e. The third-order valence-electron chi connectivity index (χ3n) is 2.37. The van der Waals surface area contributed by atoms with Crippen LogP contribution in [0.2, 0.25) is 0 Å². The number of sulfonamides is 1. The van der Waals surface area contributed by atoms with Crippen molar-refractivity contribution in [3.05, 3.63) is 16.2 Å². The van der Waals surface area contributed by atoms with Crippen LogP contribution >= 0.6 is 11.3 Å². The second-order valence-electron chi connectivity index (χ2n) is 4.57. The molecular formula is C10H18N4O4S2. The maximum Gasteiger partial charge on any atom is 0.304 e. The molecule has 1 atom stereocenters. The smallest absolute Gasteiger partial charge is 0.304 e. The van der Waals surface area contributed by atoms with Crippen LogP contribution in [0.3, 0.4) is 0 Å². The predicted molar refractivity (Wildman–Crippen MR) is 78.9 cm³/mol. The van der Waals surface area contributed by atoms with Gasteiger partial charge in [-0.15, -0.1) is 0 Å². The SMILES string of the molecule is CNc1sc(S(=O)(=O)NC(C)CN(C)C)cc1[N+](=O)[O-]. The van der Waals surface area contributed by atoms with Gasteiger partial charge in [-0.2, -0.15) is 0 Å². The zero-order valence-electron chi connectivity index (χ0n) is 11.7. The summed E-state index contributed by atoms with van der Waals surface area (Å²) in [6.07, 6.45) is 0. The Labute approximate surface area is 122 Å². The number of nitrogens with one attached hydrogen (secondary N) is 2. The molecule has 0 aromatic carbocycles. The van der Waals surface area contributed by atoms with Crippen molar-refractivity contribution in [2.45, 2.75) is 17.2 Å². The van der Waals surface area contributed by atoms with Crippen molar-refractivity contribution in [3.63, 3.8) is 0 Å². The highest BCUT2D eigenvalue weighted by molar-refractivity contribution is 7.91. The van der Waals surface area contributed by atoms with E-state index in [1.165, 1.54) is 7.05 Å². The van der Waals surface area contributed by atoms with Gasteiger partial charge >= 0.3 is 5.69 Å². The van der Waals surface area contributed by atoms with Gasteiger partial charge in [-0.3, -0.25) is 10.1 Å². The molecule has 0 aliphatic rings. The maximum absolute atomic E-state index is 12.2. The number of likely N-dealkylation sites (N-methyl/N-ethyl adjacent to an activating group) is 1. The summed E-state index contributed by atoms with van der Waals surface area (Å²) < 4.78 is 26.7. The molecule has 0 fully saturated rings. The lowest BCUT2D eigenvalue weighted by molar-refractivity contribution is -0.383. The Balaban J connectivity index is 3.01. The van der Waals surface area contributed by atoms with Gasteiger partial charge in [0, 0.05) is 25.7 Å². The fourth-order valence-electron chi connectivity index (χ4n) is 1.71. The molecule has 0 spiro atoms. The summed E-state index contributed by atoms with van der Waals surface area (Å²) in [5.41, 5.74) is -0.238. The normalized spacial score (nSPS) is 13.4. The number of hydrogen-bond acceptors (Lipinski definition) is 7. The van der Waals surface area contributed by atoms with Gasteiger partial charge in [0.25, 0.3) is 10.0 Å². The molecule has 0 aliphatic carbocycles. The van der Waals surface area contributed by atoms with Gasteiger partial charge in [0.1, 0.15) is 4.21 Å². The van der Waals surface area contributed by atoms with Crippen molar-refractivity contribution in [1.82, 2.24) is 9.62 Å². The molecule has 1 unspecified atom stereocenters. The first-order valence-corrected chi connectivity index (χ1v) is 8.10. The van der Waals surface area contributed by atoms with Gasteiger partial charge in [-0.05, 0) is 21.0 Å². The number of nitro groups is 1. The highest BCUT2D eigenvalue weighted by Crippen LogP contribution is 2.36. The van der Waals surface area contributed by atoms with E-state index in [1.54, 1.807) is 6.92 Å². The van der Waals surface area contributed by atoms with Crippen molar-refractivity contribution >= 4 is 32.0 Å². The lowest BCUT2D eigenvalue weighted by atomic mass is 10.3. The Kier molecular flexibility index (Phi) is 5.45. The molecule has 0 saturated carbocycles. The number of nitrogens with zero attached hydrogens (tertiary/aromatic N) is 2. The molecule has 1 rings (SSSR count). The Morgan fingerprint density at radius 2 is 2.10 bits per heavy atom. The van der Waals surface area contributed by atoms with E-state index in [0.717, 1.165) is 17.4 Å². The fraction of sp³-hybridized carbons (Fsp3) is 0.600. The minimum atomic E-state index is -3.75. The summed E-state index contributed by atoms with van der Waals surface area (Å²) in [4.78, 5) is 12.1. The van der Waals surface area contributed by atoms with Crippen molar-refractivity contribution < 1.29 is 13.3 Å². The topological polar surface area (TPSA) is 105 Å². The van der Waals surface area contributed by atoms with Crippen LogP contribution in [0, 0.1) is 10.1 Å². The van der Waals surface area contributed by atoms with Crippen LogP contribution in [0.1, 0.15) is 6.92 Å². The van der Waals surface area contributed by atoms with Gasteiger partial charge in [0.05, 0.1) is 4.92 Å². The van der Waals surface area contributed by atoms with Crippen molar-refractivity contribution in [3.8, 4) is 0 Å². The molecule has 0 amide bonds. The van der Waals surface area contributed by atoms with Crippen LogP contribution in [-0.2, 0) is 10.0 Å². The minimum absolute atomic E-state index is 0.0702. The highest BCUT2D eigenvalue weighted by atomic mass is 32.2. The van der Waals surface area contributed by atoms with Crippen molar-refractivity contribution in [1.29, 1.82) is 0 Å². The van der Waals surface area contributed by atoms with Crippen LogP contribution in [0.5, 0.6) is 0 Å². The molecule has 20 heavy (non-hydrogen) atoms. The first-order chi connectivity index (χ1) is 9.17. The number of rotatable bonds is 7. The van der Waals surface area contributed by atoms with Crippen molar-refractivity contribution in [2.24, 2.45) is 0 Å². The van der Waals surface area contributed by atoms with E-state index >= 15 is 0 Å².